The number of hydrogen-bond donors (Lipinski definition) is 3. The number of anilines is 1. The Morgan fingerprint density at radius 3 is 2.86 bits per heavy atom. The van der Waals surface area contributed by atoms with Gasteiger partial charge in [0, 0.05) is 36.1 Å². The molecule has 0 radical (unpaired) electrons. The first-order valence-electron chi connectivity index (χ1n) is 11.5. The van der Waals surface area contributed by atoms with Gasteiger partial charge in [-0.2, -0.15) is 15.4 Å². The van der Waals surface area contributed by atoms with Gasteiger partial charge in [-0.15, -0.1) is 0 Å². The summed E-state index contributed by atoms with van der Waals surface area (Å²) in [5.74, 6) is 0. The van der Waals surface area contributed by atoms with Crippen molar-refractivity contribution in [3.05, 3.63) is 72.5 Å². The fraction of sp³-hybridized carbons (Fsp3) is 0.308. The first-order chi connectivity index (χ1) is 16.7. The van der Waals surface area contributed by atoms with Crippen molar-refractivity contribution < 1.29 is 9.53 Å². The number of nitrogens with one attached hydrogen (secondary N) is 3. The Morgan fingerprint density at radius 1 is 1.34 bits per heavy atom. The normalized spacial score (nSPS) is 14.9. The molecule has 0 saturated heterocycles. The lowest BCUT2D eigenvalue weighted by atomic mass is 10.0. The summed E-state index contributed by atoms with van der Waals surface area (Å²) < 4.78 is 5.49. The first-order valence-corrected chi connectivity index (χ1v) is 11.5. The molecule has 0 fully saturated rings. The lowest BCUT2D eigenvalue weighted by Crippen LogP contribution is -2.39. The van der Waals surface area contributed by atoms with Gasteiger partial charge in [0.2, 0.25) is 0 Å². The molecule has 9 heteroatoms. The van der Waals surface area contributed by atoms with Crippen LogP contribution in [0.5, 0.6) is 0 Å². The van der Waals surface area contributed by atoms with E-state index in [4.69, 9.17) is 4.74 Å². The van der Waals surface area contributed by atoms with Gasteiger partial charge in [0.1, 0.15) is 16.9 Å². The van der Waals surface area contributed by atoms with Crippen molar-refractivity contribution >= 4 is 34.0 Å². The van der Waals surface area contributed by atoms with Crippen molar-refractivity contribution in [3.63, 3.8) is 0 Å². The summed E-state index contributed by atoms with van der Waals surface area (Å²) in [6, 6.07) is 4.01. The second kappa shape index (κ2) is 10.0. The minimum Gasteiger partial charge on any atom is -0.444 e. The summed E-state index contributed by atoms with van der Waals surface area (Å²) in [6.45, 7) is 12.8. The van der Waals surface area contributed by atoms with E-state index in [1.165, 1.54) is 0 Å². The van der Waals surface area contributed by atoms with Crippen LogP contribution in [0.2, 0.25) is 0 Å². The number of aromatic nitrogens is 5. The van der Waals surface area contributed by atoms with E-state index in [2.05, 4.69) is 49.4 Å². The SMILES string of the molecule is C=C(/C=C\C=C(/C)c1cn[nH]n1)Nc1ccnc2[nH]c(C3=CCN(C(=O)OC(C)(C)C)CC3)cc12. The van der Waals surface area contributed by atoms with Gasteiger partial charge in [-0.1, -0.05) is 24.8 Å². The van der Waals surface area contributed by atoms with E-state index in [9.17, 15) is 4.79 Å². The Balaban J connectivity index is 1.44. The summed E-state index contributed by atoms with van der Waals surface area (Å²) in [4.78, 5) is 22.0. The number of pyridine rings is 1. The van der Waals surface area contributed by atoms with Gasteiger partial charge in [0.25, 0.3) is 0 Å². The highest BCUT2D eigenvalue weighted by molar-refractivity contribution is 5.93. The summed E-state index contributed by atoms with van der Waals surface area (Å²) >= 11 is 0. The average molecular weight is 474 g/mol. The van der Waals surface area contributed by atoms with Gasteiger partial charge in [-0.25, -0.2) is 9.78 Å². The van der Waals surface area contributed by atoms with E-state index >= 15 is 0 Å². The number of rotatable bonds is 6. The Bertz CT molecular complexity index is 1310. The Labute approximate surface area is 204 Å². The third kappa shape index (κ3) is 6.06. The molecule has 3 aromatic rings. The van der Waals surface area contributed by atoms with E-state index in [1.54, 1.807) is 17.3 Å². The van der Waals surface area contributed by atoms with Crippen molar-refractivity contribution in [3.8, 4) is 0 Å². The molecule has 4 heterocycles. The highest BCUT2D eigenvalue weighted by Crippen LogP contribution is 2.29. The van der Waals surface area contributed by atoms with Crippen LogP contribution in [0, 0.1) is 0 Å². The Hall–Kier alpha value is -4.14. The number of amides is 1. The van der Waals surface area contributed by atoms with Crippen LogP contribution in [0.3, 0.4) is 0 Å². The monoisotopic (exact) mass is 473 g/mol. The number of nitrogens with zero attached hydrogens (tertiary/aromatic N) is 4. The molecular weight excluding hydrogens is 442 g/mol. The molecular formula is C26H31N7O2. The third-order valence-corrected chi connectivity index (χ3v) is 5.50. The molecule has 0 atom stereocenters. The largest absolute Gasteiger partial charge is 0.444 e. The van der Waals surface area contributed by atoms with Crippen LogP contribution < -0.4 is 5.32 Å². The Kier molecular flexibility index (Phi) is 6.86. The summed E-state index contributed by atoms with van der Waals surface area (Å²) in [5.41, 5.74) is 5.90. The lowest BCUT2D eigenvalue weighted by molar-refractivity contribution is 0.0270. The van der Waals surface area contributed by atoms with E-state index in [0.717, 1.165) is 51.4 Å². The molecule has 0 saturated carbocycles. The van der Waals surface area contributed by atoms with Crippen LogP contribution in [0.1, 0.15) is 45.5 Å². The van der Waals surface area contributed by atoms with Gasteiger partial charge >= 0.3 is 6.09 Å². The zero-order chi connectivity index (χ0) is 25.0. The first kappa shape index (κ1) is 24.0. The second-order valence-corrected chi connectivity index (χ2v) is 9.42. The molecule has 0 aromatic carbocycles. The quantitative estimate of drug-likeness (QED) is 0.419. The minimum absolute atomic E-state index is 0.282. The molecule has 0 aliphatic carbocycles. The fourth-order valence-electron chi connectivity index (χ4n) is 3.72. The van der Waals surface area contributed by atoms with Crippen molar-refractivity contribution in [2.75, 3.05) is 18.4 Å². The van der Waals surface area contributed by atoms with E-state index in [-0.39, 0.29) is 6.09 Å². The van der Waals surface area contributed by atoms with Gasteiger partial charge in [-0.3, -0.25) is 0 Å². The van der Waals surface area contributed by atoms with Crippen LogP contribution in [0.15, 0.2) is 61.1 Å². The van der Waals surface area contributed by atoms with Gasteiger partial charge in [-0.05, 0) is 63.5 Å². The van der Waals surface area contributed by atoms with Crippen molar-refractivity contribution in [2.45, 2.75) is 39.7 Å². The fourth-order valence-corrected chi connectivity index (χ4v) is 3.72. The van der Waals surface area contributed by atoms with E-state index in [0.29, 0.717) is 13.1 Å². The smallest absolute Gasteiger partial charge is 0.410 e. The number of aromatic amines is 2. The molecule has 1 amide bonds. The molecule has 0 spiro atoms. The topological polar surface area (TPSA) is 112 Å². The van der Waals surface area contributed by atoms with Crippen LogP contribution in [-0.4, -0.2) is 55.1 Å². The maximum atomic E-state index is 12.3. The summed E-state index contributed by atoms with van der Waals surface area (Å²) in [6.07, 6.45) is 11.7. The number of ether oxygens (including phenoxy) is 1. The number of allylic oxidation sites excluding steroid dienone is 4. The van der Waals surface area contributed by atoms with Crippen LogP contribution in [-0.2, 0) is 4.74 Å². The molecule has 3 aromatic heterocycles. The van der Waals surface area contributed by atoms with Crippen LogP contribution >= 0.6 is 0 Å². The molecule has 1 aliphatic heterocycles. The highest BCUT2D eigenvalue weighted by atomic mass is 16.6. The molecule has 9 nitrogen and oxygen atoms in total. The molecule has 35 heavy (non-hydrogen) atoms. The predicted molar refractivity (Wildman–Crippen MR) is 138 cm³/mol. The van der Waals surface area contributed by atoms with Crippen molar-refractivity contribution in [1.82, 2.24) is 30.3 Å². The van der Waals surface area contributed by atoms with Gasteiger partial charge < -0.3 is 19.9 Å². The predicted octanol–water partition coefficient (Wildman–Crippen LogP) is 5.29. The molecule has 0 bridgehead atoms. The van der Waals surface area contributed by atoms with Crippen molar-refractivity contribution in [1.29, 1.82) is 0 Å². The molecule has 4 rings (SSSR count). The summed E-state index contributed by atoms with van der Waals surface area (Å²) in [5, 5.41) is 14.8. The average Bonchev–Trinajstić information content (AvgIpc) is 3.49. The standard InChI is InChI=1S/C26H31N7O2/c1-17(23-16-28-32-31-23)7-6-8-18(2)29-21-9-12-27-24-20(21)15-22(30-24)19-10-13-33(14-11-19)25(34)35-26(3,4)5/h6-10,12,15-16H,2,11,13-14H2,1,3-5H3,(H2,27,29,30)(H,28,31,32)/b8-6-,17-7+. The van der Waals surface area contributed by atoms with E-state index in [1.807, 2.05) is 52.0 Å². The zero-order valence-corrected chi connectivity index (χ0v) is 20.6. The van der Waals surface area contributed by atoms with Gasteiger partial charge in [0.05, 0.1) is 11.9 Å². The number of carbonyl (C=O) groups excluding carboxylic acids is 1. The van der Waals surface area contributed by atoms with Crippen LogP contribution in [0.25, 0.3) is 22.2 Å². The molecule has 182 valence electrons. The molecule has 1 aliphatic rings. The number of hydrogen-bond acceptors (Lipinski definition) is 6. The third-order valence-electron chi connectivity index (χ3n) is 5.50. The number of carbonyl (C=O) groups is 1. The summed E-state index contributed by atoms with van der Waals surface area (Å²) in [7, 11) is 0. The Morgan fingerprint density at radius 2 is 2.17 bits per heavy atom. The lowest BCUT2D eigenvalue weighted by Gasteiger charge is -2.29. The highest BCUT2D eigenvalue weighted by Gasteiger charge is 2.24. The number of fused-ring (bicyclic) bond motifs is 1. The van der Waals surface area contributed by atoms with E-state index < -0.39 is 5.60 Å². The van der Waals surface area contributed by atoms with Crippen LogP contribution in [0.4, 0.5) is 10.5 Å². The maximum absolute atomic E-state index is 12.3. The minimum atomic E-state index is -0.501. The second-order valence-electron chi connectivity index (χ2n) is 9.42. The molecule has 3 N–H and O–H groups in total. The maximum Gasteiger partial charge on any atom is 0.410 e. The molecule has 0 unspecified atom stereocenters. The van der Waals surface area contributed by atoms with Crippen molar-refractivity contribution in [2.24, 2.45) is 0 Å². The van der Waals surface area contributed by atoms with Gasteiger partial charge in [0.15, 0.2) is 0 Å². The zero-order valence-electron chi connectivity index (χ0n) is 20.6. The number of H-pyrrole nitrogens is 2.